The maximum atomic E-state index is 6.04. The van der Waals surface area contributed by atoms with Crippen molar-refractivity contribution in [1.29, 1.82) is 0 Å². The average Bonchev–Trinajstić information content (AvgIpc) is 2.74. The number of nitrogens with zero attached hydrogens (tertiary/aromatic N) is 4. The average molecular weight is 251 g/mol. The van der Waals surface area contributed by atoms with Gasteiger partial charge >= 0.3 is 0 Å². The number of halogens is 1. The second-order valence-electron chi connectivity index (χ2n) is 3.76. The third-order valence-electron chi connectivity index (χ3n) is 2.58. The minimum Gasteiger partial charge on any atom is -0.245 e. The van der Waals surface area contributed by atoms with Gasteiger partial charge in [0, 0.05) is 24.6 Å². The third kappa shape index (κ3) is 2.64. The van der Waals surface area contributed by atoms with Crippen LogP contribution >= 0.6 is 11.6 Å². The van der Waals surface area contributed by atoms with E-state index in [0.29, 0.717) is 11.7 Å². The van der Waals surface area contributed by atoms with Gasteiger partial charge < -0.3 is 0 Å². The highest BCUT2D eigenvalue weighted by atomic mass is 35.5. The van der Waals surface area contributed by atoms with Gasteiger partial charge in [-0.05, 0) is 6.07 Å². The fourth-order valence-corrected chi connectivity index (χ4v) is 1.84. The van der Waals surface area contributed by atoms with E-state index in [1.54, 1.807) is 6.20 Å². The Morgan fingerprint density at radius 1 is 1.29 bits per heavy atom. The van der Waals surface area contributed by atoms with Gasteiger partial charge in [0.25, 0.3) is 0 Å². The molecule has 0 unspecified atom stereocenters. The van der Waals surface area contributed by atoms with E-state index in [1.807, 2.05) is 16.8 Å². The lowest BCUT2D eigenvalue weighted by Gasteiger charge is -2.05. The molecule has 0 radical (unpaired) electrons. The van der Waals surface area contributed by atoms with Gasteiger partial charge in [-0.1, -0.05) is 31.5 Å². The zero-order valence-corrected chi connectivity index (χ0v) is 10.8. The molecule has 4 nitrogen and oxygen atoms in total. The summed E-state index contributed by atoms with van der Waals surface area (Å²) in [5.41, 5.74) is 0.969. The number of rotatable bonds is 4. The first-order chi connectivity index (χ1) is 8.24. The summed E-state index contributed by atoms with van der Waals surface area (Å²) in [4.78, 5) is 8.52. The number of aryl methyl sites for hydroxylation is 2. The molecule has 2 heterocycles. The molecule has 0 aliphatic rings. The van der Waals surface area contributed by atoms with Crippen LogP contribution < -0.4 is 0 Å². The summed E-state index contributed by atoms with van der Waals surface area (Å²) < 4.78 is 1.90. The van der Waals surface area contributed by atoms with Crippen LogP contribution in [0.3, 0.4) is 0 Å². The molecule has 2 rings (SSSR count). The summed E-state index contributed by atoms with van der Waals surface area (Å²) in [5, 5.41) is 4.99. The summed E-state index contributed by atoms with van der Waals surface area (Å²) in [6, 6.07) is 3.84. The van der Waals surface area contributed by atoms with Gasteiger partial charge in [-0.15, -0.1) is 0 Å². The van der Waals surface area contributed by atoms with Crippen LogP contribution in [-0.2, 0) is 19.4 Å². The first-order valence-corrected chi connectivity index (χ1v) is 6.14. The highest BCUT2D eigenvalue weighted by molar-refractivity contribution is 6.30. The largest absolute Gasteiger partial charge is 0.245 e. The van der Waals surface area contributed by atoms with Crippen molar-refractivity contribution in [3.05, 3.63) is 40.7 Å². The fraction of sp³-hybridized carbons (Fsp3) is 0.417. The van der Waals surface area contributed by atoms with Crippen LogP contribution in [0.5, 0.6) is 0 Å². The second kappa shape index (κ2) is 5.27. The molecule has 0 saturated carbocycles. The molecule has 0 aliphatic heterocycles. The molecule has 90 valence electrons. The number of pyridine rings is 1. The Labute approximate surface area is 106 Å². The van der Waals surface area contributed by atoms with Gasteiger partial charge in [0.2, 0.25) is 0 Å². The predicted octanol–water partition coefficient (Wildman–Crippen LogP) is 2.50. The van der Waals surface area contributed by atoms with E-state index in [2.05, 4.69) is 28.9 Å². The van der Waals surface area contributed by atoms with Gasteiger partial charge in [0.15, 0.2) is 5.82 Å². The molecule has 2 aromatic rings. The van der Waals surface area contributed by atoms with Crippen LogP contribution in [0.15, 0.2) is 18.3 Å². The van der Waals surface area contributed by atoms with Crippen LogP contribution in [0.2, 0.25) is 5.15 Å². The summed E-state index contributed by atoms with van der Waals surface area (Å²) in [6.07, 6.45) is 3.40. The maximum Gasteiger partial charge on any atom is 0.150 e. The Bertz CT molecular complexity index is 507. The molecule has 0 spiro atoms. The third-order valence-corrected chi connectivity index (χ3v) is 2.92. The Balaban J connectivity index is 2.29. The Hall–Kier alpha value is -1.42. The molecule has 0 N–H and O–H groups in total. The molecule has 0 bridgehead atoms. The van der Waals surface area contributed by atoms with E-state index < -0.39 is 0 Å². The van der Waals surface area contributed by atoms with Crippen LogP contribution in [0, 0.1) is 0 Å². The van der Waals surface area contributed by atoms with Crippen molar-refractivity contribution >= 4 is 11.6 Å². The molecule has 2 aromatic heterocycles. The van der Waals surface area contributed by atoms with Crippen molar-refractivity contribution in [2.45, 2.75) is 33.2 Å². The van der Waals surface area contributed by atoms with Gasteiger partial charge in [-0.2, -0.15) is 5.10 Å². The van der Waals surface area contributed by atoms with Crippen LogP contribution in [0.1, 0.15) is 31.1 Å². The summed E-state index contributed by atoms with van der Waals surface area (Å²) in [7, 11) is 0. The standard InChI is InChI=1S/C12H15ClN4/c1-3-10-15-11(4-2)17(16-10)8-9-6-5-7-14-12(9)13/h5-7H,3-4,8H2,1-2H3. The number of hydrogen-bond acceptors (Lipinski definition) is 3. The zero-order chi connectivity index (χ0) is 12.3. The van der Waals surface area contributed by atoms with Gasteiger partial charge in [0.05, 0.1) is 6.54 Å². The van der Waals surface area contributed by atoms with E-state index in [4.69, 9.17) is 11.6 Å². The maximum absolute atomic E-state index is 6.04. The van der Waals surface area contributed by atoms with Crippen molar-refractivity contribution in [3.63, 3.8) is 0 Å². The molecular weight excluding hydrogens is 236 g/mol. The highest BCUT2D eigenvalue weighted by Crippen LogP contribution is 2.14. The van der Waals surface area contributed by atoms with E-state index in [1.165, 1.54) is 0 Å². The molecule has 5 heteroatoms. The molecule has 0 atom stereocenters. The van der Waals surface area contributed by atoms with Gasteiger partial charge in [-0.3, -0.25) is 0 Å². The highest BCUT2D eigenvalue weighted by Gasteiger charge is 2.09. The smallest absolute Gasteiger partial charge is 0.150 e. The van der Waals surface area contributed by atoms with Crippen molar-refractivity contribution in [3.8, 4) is 0 Å². The monoisotopic (exact) mass is 250 g/mol. The van der Waals surface area contributed by atoms with E-state index in [-0.39, 0.29) is 0 Å². The number of aromatic nitrogens is 4. The van der Waals surface area contributed by atoms with Crippen molar-refractivity contribution in [2.24, 2.45) is 0 Å². The molecular formula is C12H15ClN4. The predicted molar refractivity (Wildman–Crippen MR) is 67.1 cm³/mol. The minimum atomic E-state index is 0.531. The lowest BCUT2D eigenvalue weighted by Crippen LogP contribution is -2.07. The van der Waals surface area contributed by atoms with Crippen LogP contribution in [0.25, 0.3) is 0 Å². The Kier molecular flexibility index (Phi) is 3.74. The summed E-state index contributed by atoms with van der Waals surface area (Å²) in [5.74, 6) is 1.86. The summed E-state index contributed by atoms with van der Waals surface area (Å²) >= 11 is 6.04. The first-order valence-electron chi connectivity index (χ1n) is 5.76. The second-order valence-corrected chi connectivity index (χ2v) is 4.12. The van der Waals surface area contributed by atoms with Crippen molar-refractivity contribution < 1.29 is 0 Å². The zero-order valence-electron chi connectivity index (χ0n) is 10.0. The minimum absolute atomic E-state index is 0.531. The Morgan fingerprint density at radius 3 is 2.76 bits per heavy atom. The molecule has 0 aromatic carbocycles. The normalized spacial score (nSPS) is 10.8. The van der Waals surface area contributed by atoms with Crippen molar-refractivity contribution in [1.82, 2.24) is 19.7 Å². The lowest BCUT2D eigenvalue weighted by atomic mass is 10.3. The first kappa shape index (κ1) is 12.0. The topological polar surface area (TPSA) is 43.6 Å². The SMILES string of the molecule is CCc1nc(CC)n(Cc2cccnc2Cl)n1. The van der Waals surface area contributed by atoms with E-state index in [9.17, 15) is 0 Å². The molecule has 17 heavy (non-hydrogen) atoms. The van der Waals surface area contributed by atoms with Crippen molar-refractivity contribution in [2.75, 3.05) is 0 Å². The Morgan fingerprint density at radius 2 is 2.12 bits per heavy atom. The molecule has 0 saturated heterocycles. The van der Waals surface area contributed by atoms with Crippen LogP contribution in [0.4, 0.5) is 0 Å². The van der Waals surface area contributed by atoms with Crippen LogP contribution in [-0.4, -0.2) is 19.7 Å². The lowest BCUT2D eigenvalue weighted by molar-refractivity contribution is 0.636. The number of hydrogen-bond donors (Lipinski definition) is 0. The van der Waals surface area contributed by atoms with Gasteiger partial charge in [-0.25, -0.2) is 14.6 Å². The van der Waals surface area contributed by atoms with E-state index >= 15 is 0 Å². The molecule has 0 amide bonds. The summed E-state index contributed by atoms with van der Waals surface area (Å²) in [6.45, 7) is 4.75. The van der Waals surface area contributed by atoms with E-state index in [0.717, 1.165) is 30.1 Å². The molecule has 0 fully saturated rings. The fourth-order valence-electron chi connectivity index (χ4n) is 1.66. The molecule has 0 aliphatic carbocycles. The van der Waals surface area contributed by atoms with Gasteiger partial charge in [0.1, 0.15) is 11.0 Å². The quantitative estimate of drug-likeness (QED) is 0.783.